The van der Waals surface area contributed by atoms with Gasteiger partial charge in [-0.25, -0.2) is 4.39 Å². The van der Waals surface area contributed by atoms with Gasteiger partial charge in [-0.2, -0.15) is 27.4 Å². The van der Waals surface area contributed by atoms with Gasteiger partial charge in [-0.3, -0.25) is 4.90 Å². The Bertz CT molecular complexity index is 2060. The van der Waals surface area contributed by atoms with Crippen LogP contribution in [-0.4, -0.2) is 114 Å². The van der Waals surface area contributed by atoms with Gasteiger partial charge in [0, 0.05) is 48.7 Å². The van der Waals surface area contributed by atoms with Gasteiger partial charge in [-0.1, -0.05) is 30.3 Å². The molecule has 5 aliphatic rings. The van der Waals surface area contributed by atoms with Crippen molar-refractivity contribution in [3.63, 3.8) is 0 Å². The molecule has 264 valence electrons. The van der Waals surface area contributed by atoms with Crippen molar-refractivity contribution in [3.05, 3.63) is 54.3 Å². The lowest BCUT2D eigenvalue weighted by Gasteiger charge is -2.41. The van der Waals surface area contributed by atoms with Crippen LogP contribution in [0.25, 0.3) is 32.8 Å². The lowest BCUT2D eigenvalue weighted by atomic mass is 9.95. The van der Waals surface area contributed by atoms with Crippen molar-refractivity contribution in [1.82, 2.24) is 28.8 Å². The Kier molecular flexibility index (Phi) is 7.92. The molecule has 0 radical (unpaired) electrons. The van der Waals surface area contributed by atoms with Crippen molar-refractivity contribution >= 4 is 37.7 Å². The van der Waals surface area contributed by atoms with E-state index < -0.39 is 16.0 Å². The molecule has 0 unspecified atom stereocenters. The van der Waals surface area contributed by atoms with Crippen LogP contribution in [0.5, 0.6) is 11.8 Å². The maximum absolute atomic E-state index is 16.9. The number of aromatic hydroxyl groups is 1. The molecule has 50 heavy (non-hydrogen) atoms. The number of halogens is 1. The van der Waals surface area contributed by atoms with Crippen LogP contribution < -0.4 is 14.4 Å². The van der Waals surface area contributed by atoms with E-state index in [9.17, 15) is 13.5 Å². The van der Waals surface area contributed by atoms with Crippen molar-refractivity contribution in [2.45, 2.75) is 68.6 Å². The summed E-state index contributed by atoms with van der Waals surface area (Å²) in [7, 11) is -1.68. The topological polar surface area (TPSA) is 114 Å². The highest BCUT2D eigenvalue weighted by Crippen LogP contribution is 2.42. The van der Waals surface area contributed by atoms with Crippen molar-refractivity contribution in [2.75, 3.05) is 57.8 Å². The average molecular weight is 702 g/mol. The SMILES string of the molecule is CN1CC[C@@H](NS(=O)(=O)N2[C@@H]3CC[C@H]2CN(c2nc(OCC45CCCN4CCC5)nc4c(F)c(-c5cc(O)cc6ccccc56)ccc24)C3)C1. The number of anilines is 1. The number of likely N-dealkylation sites (tertiary alicyclic amines) is 1. The molecule has 5 aliphatic heterocycles. The Morgan fingerprint density at radius 1 is 0.940 bits per heavy atom. The second kappa shape index (κ2) is 12.3. The van der Waals surface area contributed by atoms with Crippen LogP contribution in [0, 0.1) is 5.82 Å². The molecule has 11 nitrogen and oxygen atoms in total. The minimum atomic E-state index is -3.69. The summed E-state index contributed by atoms with van der Waals surface area (Å²) in [4.78, 5) is 16.4. The van der Waals surface area contributed by atoms with Gasteiger partial charge in [0.2, 0.25) is 0 Å². The Labute approximate surface area is 292 Å². The smallest absolute Gasteiger partial charge is 0.319 e. The molecule has 5 saturated heterocycles. The van der Waals surface area contributed by atoms with E-state index in [-0.39, 0.29) is 40.9 Å². The van der Waals surface area contributed by atoms with Gasteiger partial charge in [-0.05, 0) is 106 Å². The number of likely N-dealkylation sites (N-methyl/N-ethyl adjacent to an activating group) is 1. The molecule has 0 aliphatic carbocycles. The summed E-state index contributed by atoms with van der Waals surface area (Å²) in [6.07, 6.45) is 6.67. The molecule has 2 N–H and O–H groups in total. The second-order valence-corrected chi connectivity index (χ2v) is 16.7. The first-order valence-corrected chi connectivity index (χ1v) is 19.5. The van der Waals surface area contributed by atoms with Crippen molar-refractivity contribution in [3.8, 4) is 22.9 Å². The molecule has 0 spiro atoms. The first-order chi connectivity index (χ1) is 24.2. The second-order valence-electron chi connectivity index (χ2n) is 15.1. The van der Waals surface area contributed by atoms with Crippen molar-refractivity contribution < 1.29 is 22.7 Å². The molecule has 4 aromatic rings. The highest BCUT2D eigenvalue weighted by atomic mass is 32.2. The fourth-order valence-corrected chi connectivity index (χ4v) is 11.4. The quantitative estimate of drug-likeness (QED) is 0.274. The molecule has 5 fully saturated rings. The molecule has 9 rings (SSSR count). The Morgan fingerprint density at radius 3 is 2.44 bits per heavy atom. The molecule has 1 aromatic heterocycles. The zero-order valence-corrected chi connectivity index (χ0v) is 29.2. The summed E-state index contributed by atoms with van der Waals surface area (Å²) in [5.74, 6) is 0.103. The molecule has 6 heterocycles. The number of piperazine rings is 1. The zero-order valence-electron chi connectivity index (χ0n) is 28.4. The normalized spacial score (nSPS) is 25.6. The summed E-state index contributed by atoms with van der Waals surface area (Å²) in [5, 5.41) is 12.8. The molecule has 3 atom stereocenters. The predicted molar refractivity (Wildman–Crippen MR) is 191 cm³/mol. The minimum absolute atomic E-state index is 0.0421. The summed E-state index contributed by atoms with van der Waals surface area (Å²) in [5.41, 5.74) is 1.01. The van der Waals surface area contributed by atoms with Gasteiger partial charge >= 0.3 is 6.01 Å². The van der Waals surface area contributed by atoms with Crippen LogP contribution >= 0.6 is 0 Å². The molecular formula is C37H44FN7O4S. The van der Waals surface area contributed by atoms with E-state index in [0.717, 1.165) is 75.4 Å². The Morgan fingerprint density at radius 2 is 1.70 bits per heavy atom. The minimum Gasteiger partial charge on any atom is -0.508 e. The molecule has 13 heteroatoms. The number of ether oxygens (including phenoxy) is 1. The Hall–Kier alpha value is -3.62. The summed E-state index contributed by atoms with van der Waals surface area (Å²) < 4.78 is 55.5. The van der Waals surface area contributed by atoms with E-state index in [4.69, 9.17) is 14.7 Å². The first-order valence-electron chi connectivity index (χ1n) is 18.0. The third kappa shape index (κ3) is 5.49. The molecule has 0 saturated carbocycles. The summed E-state index contributed by atoms with van der Waals surface area (Å²) in [6, 6.07) is 14.0. The van der Waals surface area contributed by atoms with Gasteiger partial charge < -0.3 is 19.6 Å². The number of nitrogens with zero attached hydrogens (tertiary/aromatic N) is 6. The van der Waals surface area contributed by atoms with Crippen LogP contribution in [0.15, 0.2) is 48.5 Å². The summed E-state index contributed by atoms with van der Waals surface area (Å²) in [6.45, 7) is 5.01. The van der Waals surface area contributed by atoms with E-state index in [0.29, 0.717) is 48.6 Å². The highest BCUT2D eigenvalue weighted by Gasteiger charge is 2.48. The van der Waals surface area contributed by atoms with E-state index in [1.807, 2.05) is 37.4 Å². The van der Waals surface area contributed by atoms with E-state index in [2.05, 4.69) is 19.4 Å². The van der Waals surface area contributed by atoms with E-state index >= 15 is 4.39 Å². The number of aromatic nitrogens is 2. The zero-order chi connectivity index (χ0) is 34.2. The predicted octanol–water partition coefficient (Wildman–Crippen LogP) is 4.49. The van der Waals surface area contributed by atoms with Gasteiger partial charge in [0.1, 0.15) is 23.7 Å². The maximum Gasteiger partial charge on any atom is 0.319 e. The number of phenols is 1. The molecular weight excluding hydrogens is 658 g/mol. The number of hydrogen-bond acceptors (Lipinski definition) is 9. The third-order valence-electron chi connectivity index (χ3n) is 11.9. The Balaban J connectivity index is 1.09. The van der Waals surface area contributed by atoms with Crippen LogP contribution in [0.3, 0.4) is 0 Å². The lowest BCUT2D eigenvalue weighted by Crippen LogP contribution is -2.59. The number of benzene rings is 3. The van der Waals surface area contributed by atoms with Crippen LogP contribution in [0.4, 0.5) is 10.2 Å². The molecule has 2 bridgehead atoms. The van der Waals surface area contributed by atoms with E-state index in [1.165, 1.54) is 0 Å². The lowest BCUT2D eigenvalue weighted by molar-refractivity contribution is 0.108. The number of rotatable bonds is 8. The highest BCUT2D eigenvalue weighted by molar-refractivity contribution is 7.87. The monoisotopic (exact) mass is 701 g/mol. The summed E-state index contributed by atoms with van der Waals surface area (Å²) >= 11 is 0. The van der Waals surface area contributed by atoms with Gasteiger partial charge in [0.05, 0.1) is 5.54 Å². The fraction of sp³-hybridized carbons (Fsp3) is 0.514. The van der Waals surface area contributed by atoms with E-state index in [1.54, 1.807) is 22.5 Å². The van der Waals surface area contributed by atoms with Crippen LogP contribution in [0.1, 0.15) is 44.9 Å². The standard InChI is InChI=1S/C37H44FN7O4S/c1-42-17-12-25(20-42)41-50(47,48)45-26-8-9-27(45)22-43(21-26)35-31-11-10-30(32-19-28(46)18-24-6-2-3-7-29(24)32)33(38)34(31)39-36(40-35)49-23-37-13-4-15-44(37)16-5-14-37/h2-3,6-7,10-11,18-19,25-27,41,46H,4-5,8-9,12-17,20-23H2,1H3/t25-,26-,27+/m1/s1. The first kappa shape index (κ1) is 32.3. The van der Waals surface area contributed by atoms with Gasteiger partial charge in [0.25, 0.3) is 10.2 Å². The fourth-order valence-electron chi connectivity index (χ4n) is 9.55. The van der Waals surface area contributed by atoms with Crippen molar-refractivity contribution in [2.24, 2.45) is 0 Å². The average Bonchev–Trinajstić information content (AvgIpc) is 3.86. The largest absolute Gasteiger partial charge is 0.508 e. The maximum atomic E-state index is 16.9. The molecule has 3 aromatic carbocycles. The third-order valence-corrected chi connectivity index (χ3v) is 13.7. The van der Waals surface area contributed by atoms with Crippen LogP contribution in [-0.2, 0) is 10.2 Å². The number of phenolic OH excluding ortho intramolecular Hbond substituents is 1. The van der Waals surface area contributed by atoms with Crippen molar-refractivity contribution in [1.29, 1.82) is 0 Å². The number of fused-ring (bicyclic) bond motifs is 5. The van der Waals surface area contributed by atoms with Gasteiger partial charge in [0.15, 0.2) is 5.82 Å². The number of hydrogen-bond donors (Lipinski definition) is 2. The van der Waals surface area contributed by atoms with Crippen LogP contribution in [0.2, 0.25) is 0 Å². The van der Waals surface area contributed by atoms with Gasteiger partial charge in [-0.15, -0.1) is 0 Å². The molecule has 0 amide bonds. The number of nitrogens with one attached hydrogen (secondary N) is 1.